The number of nitrogens with one attached hydrogen (secondary N) is 3. The van der Waals surface area contributed by atoms with E-state index < -0.39 is 47.8 Å². The zero-order valence-corrected chi connectivity index (χ0v) is 45.6. The number of aromatic nitrogens is 3. The van der Waals surface area contributed by atoms with Crippen molar-refractivity contribution < 1.29 is 39.6 Å². The van der Waals surface area contributed by atoms with Gasteiger partial charge in [0.2, 0.25) is 47.8 Å². The molecular formula is C48H78N6O9S3. The van der Waals surface area contributed by atoms with E-state index in [9.17, 15) is 39.6 Å². The summed E-state index contributed by atoms with van der Waals surface area (Å²) >= 11 is 0. The first kappa shape index (κ1) is 64.8. The molecule has 6 rings (SSSR count). The van der Waals surface area contributed by atoms with E-state index in [1.807, 2.05) is 41.5 Å². The summed E-state index contributed by atoms with van der Waals surface area (Å²) in [6.45, 7) is 28.4. The van der Waals surface area contributed by atoms with E-state index in [1.54, 1.807) is 14.2 Å². The van der Waals surface area contributed by atoms with E-state index in [0.29, 0.717) is 0 Å². The van der Waals surface area contributed by atoms with Crippen LogP contribution < -0.4 is 14.2 Å². The highest BCUT2D eigenvalue weighted by Crippen LogP contribution is 2.25. The molecule has 0 aliphatic heterocycles. The molecule has 3 amide bonds. The third-order valence-electron chi connectivity index (χ3n) is 9.13. The van der Waals surface area contributed by atoms with E-state index in [1.165, 1.54) is 66.5 Å². The molecule has 0 spiro atoms. The van der Waals surface area contributed by atoms with Crippen molar-refractivity contribution >= 4 is 80.5 Å². The van der Waals surface area contributed by atoms with Gasteiger partial charge < -0.3 is 13.7 Å². The predicted molar refractivity (Wildman–Crippen MR) is 277 cm³/mol. The number of amides is 3. The van der Waals surface area contributed by atoms with Gasteiger partial charge in [0.25, 0.3) is 0 Å². The Bertz CT molecular complexity index is 2380. The zero-order valence-electron chi connectivity index (χ0n) is 43.2. The Balaban J connectivity index is -0.000000713. The van der Waals surface area contributed by atoms with Crippen molar-refractivity contribution in [3.05, 3.63) is 107 Å². The Kier molecular flexibility index (Phi) is 30.1. The fourth-order valence-corrected chi connectivity index (χ4v) is 7.48. The lowest BCUT2D eigenvalue weighted by Gasteiger charge is -1.96. The number of rotatable bonds is 3. The van der Waals surface area contributed by atoms with Crippen molar-refractivity contribution in [1.82, 2.24) is 27.9 Å². The van der Waals surface area contributed by atoms with Gasteiger partial charge in [0.1, 0.15) is 0 Å². The van der Waals surface area contributed by atoms with E-state index >= 15 is 0 Å². The summed E-state index contributed by atoms with van der Waals surface area (Å²) in [5, 5.41) is 4.12. The average Bonchev–Trinajstić information content (AvgIpc) is 3.69. The standard InChI is InChI=1S/3C11H13N.3C3H7NO3S.3C2H6/c3*1-8-9(2)12(3)11-7-5-4-6-10(8)11;3*1-3(5)4-8(2,6)7;3*1-2/h3*4-7H,1-3H3;3*1-2H3,(H,4,5);3*1-2H3. The molecule has 3 aromatic heterocycles. The second kappa shape index (κ2) is 30.7. The number of hydrogen-bond acceptors (Lipinski definition) is 9. The van der Waals surface area contributed by atoms with Crippen LogP contribution in [0.1, 0.15) is 96.1 Å². The van der Waals surface area contributed by atoms with E-state index in [0.717, 1.165) is 39.5 Å². The first-order chi connectivity index (χ1) is 30.4. The van der Waals surface area contributed by atoms with Gasteiger partial charge in [0.15, 0.2) is 0 Å². The Morgan fingerprint density at radius 2 is 0.545 bits per heavy atom. The minimum absolute atomic E-state index is 0.562. The highest BCUT2D eigenvalue weighted by atomic mass is 32.2. The lowest BCUT2D eigenvalue weighted by atomic mass is 10.2. The molecule has 0 aliphatic carbocycles. The van der Waals surface area contributed by atoms with E-state index in [2.05, 4.69) is 149 Å². The average molecular weight is 979 g/mol. The quantitative estimate of drug-likeness (QED) is 0.155. The normalized spacial score (nSPS) is 10.1. The first-order valence-electron chi connectivity index (χ1n) is 21.4. The topological polar surface area (TPSA) is 205 Å². The van der Waals surface area contributed by atoms with Crippen LogP contribution in [0.15, 0.2) is 72.8 Å². The van der Waals surface area contributed by atoms with Crippen LogP contribution in [0.5, 0.6) is 0 Å². The minimum atomic E-state index is -3.32. The SMILES string of the molecule is CC.CC.CC.CC(=O)NS(C)(=O)=O.CC(=O)NS(C)(=O)=O.CC(=O)NS(C)(=O)=O.Cc1c(C)n(C)c2ccccc12.Cc1c(C)n(C)c2ccccc12.Cc1c(C)n(C)c2ccccc12. The van der Waals surface area contributed by atoms with Gasteiger partial charge in [0.05, 0.1) is 18.8 Å². The van der Waals surface area contributed by atoms with Gasteiger partial charge in [-0.1, -0.05) is 96.1 Å². The van der Waals surface area contributed by atoms with Crippen LogP contribution in [0.3, 0.4) is 0 Å². The molecule has 66 heavy (non-hydrogen) atoms. The van der Waals surface area contributed by atoms with Crippen molar-refractivity contribution in [3.8, 4) is 0 Å². The largest absolute Gasteiger partial charge is 0.348 e. The summed E-state index contributed by atoms with van der Waals surface area (Å²) in [6, 6.07) is 25.6. The molecule has 0 saturated heterocycles. The molecular weight excluding hydrogens is 901 g/mol. The molecule has 3 aromatic carbocycles. The van der Waals surface area contributed by atoms with Crippen LogP contribution >= 0.6 is 0 Å². The van der Waals surface area contributed by atoms with Gasteiger partial charge in [0, 0.05) is 91.7 Å². The summed E-state index contributed by atoms with van der Waals surface area (Å²) in [6.07, 6.45) is 2.77. The Hall–Kier alpha value is -5.46. The van der Waals surface area contributed by atoms with Gasteiger partial charge in [-0.3, -0.25) is 28.5 Å². The zero-order chi connectivity index (χ0) is 52.5. The second-order valence-electron chi connectivity index (χ2n) is 14.2. The van der Waals surface area contributed by atoms with Crippen LogP contribution in [0, 0.1) is 41.5 Å². The number of carbonyl (C=O) groups is 3. The van der Waals surface area contributed by atoms with Crippen molar-refractivity contribution in [1.29, 1.82) is 0 Å². The van der Waals surface area contributed by atoms with Crippen LogP contribution in [0.4, 0.5) is 0 Å². The molecule has 3 heterocycles. The Morgan fingerprint density at radius 3 is 0.667 bits per heavy atom. The maximum Gasteiger partial charge on any atom is 0.231 e. The second-order valence-corrected chi connectivity index (χ2v) is 19.4. The molecule has 6 aromatic rings. The molecule has 3 N–H and O–H groups in total. The molecule has 0 bridgehead atoms. The number of sulfonamides is 3. The third-order valence-corrected chi connectivity index (χ3v) is 11.1. The number of hydrogen-bond donors (Lipinski definition) is 3. The maximum absolute atomic E-state index is 10.1. The summed E-state index contributed by atoms with van der Waals surface area (Å²) in [5.41, 5.74) is 12.2. The van der Waals surface area contributed by atoms with E-state index in [-0.39, 0.29) is 0 Å². The van der Waals surface area contributed by atoms with Crippen molar-refractivity contribution in [2.75, 3.05) is 18.8 Å². The monoisotopic (exact) mass is 978 g/mol. The van der Waals surface area contributed by atoms with Crippen LogP contribution in [0.2, 0.25) is 0 Å². The highest BCUT2D eigenvalue weighted by molar-refractivity contribution is 7.89. The molecule has 0 aliphatic rings. The van der Waals surface area contributed by atoms with Crippen molar-refractivity contribution in [2.24, 2.45) is 21.1 Å². The number of benzene rings is 3. The van der Waals surface area contributed by atoms with Gasteiger partial charge >= 0.3 is 0 Å². The summed E-state index contributed by atoms with van der Waals surface area (Å²) < 4.78 is 72.5. The van der Waals surface area contributed by atoms with E-state index in [4.69, 9.17) is 0 Å². The van der Waals surface area contributed by atoms with Gasteiger partial charge in [-0.15, -0.1) is 0 Å². The Morgan fingerprint density at radius 1 is 0.379 bits per heavy atom. The van der Waals surface area contributed by atoms with Crippen LogP contribution in [-0.4, -0.2) is 75.4 Å². The van der Waals surface area contributed by atoms with Gasteiger partial charge in [-0.2, -0.15) is 0 Å². The number of carbonyl (C=O) groups excluding carboxylic acids is 3. The van der Waals surface area contributed by atoms with Gasteiger partial charge in [-0.05, 0) is 76.4 Å². The van der Waals surface area contributed by atoms with Crippen LogP contribution in [-0.2, 0) is 65.6 Å². The fourth-order valence-electron chi connectivity index (χ4n) is 5.91. The van der Waals surface area contributed by atoms with Crippen molar-refractivity contribution in [3.63, 3.8) is 0 Å². The lowest BCUT2D eigenvalue weighted by Crippen LogP contribution is -2.26. The predicted octanol–water partition coefficient (Wildman–Crippen LogP) is 8.71. The molecule has 0 unspecified atom stereocenters. The summed E-state index contributed by atoms with van der Waals surface area (Å²) in [7, 11) is -3.62. The third kappa shape index (κ3) is 23.6. The molecule has 0 saturated carbocycles. The fraction of sp³-hybridized carbons (Fsp3) is 0.438. The van der Waals surface area contributed by atoms with Crippen molar-refractivity contribution in [2.45, 2.75) is 104 Å². The van der Waals surface area contributed by atoms with Crippen LogP contribution in [0.25, 0.3) is 32.7 Å². The molecule has 15 nitrogen and oxygen atoms in total. The summed E-state index contributed by atoms with van der Waals surface area (Å²) in [5.74, 6) is -1.69. The summed E-state index contributed by atoms with van der Waals surface area (Å²) in [4.78, 5) is 29.9. The first-order valence-corrected chi connectivity index (χ1v) is 27.0. The molecule has 0 fully saturated rings. The molecule has 0 radical (unpaired) electrons. The minimum Gasteiger partial charge on any atom is -0.348 e. The maximum atomic E-state index is 10.1. The molecule has 372 valence electrons. The molecule has 18 heteroatoms. The van der Waals surface area contributed by atoms with Gasteiger partial charge in [-0.25, -0.2) is 25.3 Å². The number of aryl methyl sites for hydroxylation is 6. The molecule has 0 atom stereocenters. The highest BCUT2D eigenvalue weighted by Gasteiger charge is 2.08. The smallest absolute Gasteiger partial charge is 0.231 e. The number of fused-ring (bicyclic) bond motifs is 3. The Labute approximate surface area is 396 Å². The number of para-hydroxylation sites is 3. The lowest BCUT2D eigenvalue weighted by molar-refractivity contribution is -0.118. The number of nitrogens with zero attached hydrogens (tertiary/aromatic N) is 3.